The van der Waals surface area contributed by atoms with Crippen LogP contribution in [0.2, 0.25) is 0 Å². The highest BCUT2D eigenvalue weighted by molar-refractivity contribution is 6.07. The zero-order valence-electron chi connectivity index (χ0n) is 12.9. The van der Waals surface area contributed by atoms with E-state index < -0.39 is 11.6 Å². The van der Waals surface area contributed by atoms with Crippen LogP contribution in [0.15, 0.2) is 24.3 Å². The van der Waals surface area contributed by atoms with Crippen molar-refractivity contribution in [3.8, 4) is 0 Å². The molecule has 0 aromatic heterocycles. The van der Waals surface area contributed by atoms with Gasteiger partial charge in [-0.3, -0.25) is 10.1 Å². The molecule has 0 aliphatic carbocycles. The molecule has 1 aliphatic heterocycles. The van der Waals surface area contributed by atoms with Gasteiger partial charge in [-0.1, -0.05) is 63.3 Å². The quantitative estimate of drug-likeness (QED) is 0.597. The van der Waals surface area contributed by atoms with E-state index in [0.29, 0.717) is 6.42 Å². The standard InChI is InChI=1S/C17H24N2O2/c1-3-4-5-6-9-12-17(15(20)18-16(21)19-17)14-11-8-7-10-13(14)2/h7-8,10-11H,3-6,9,12H2,1-2H3,(H2,18,19,20,21). The lowest BCUT2D eigenvalue weighted by Crippen LogP contribution is -2.44. The van der Waals surface area contributed by atoms with Gasteiger partial charge in [0.2, 0.25) is 0 Å². The van der Waals surface area contributed by atoms with Gasteiger partial charge < -0.3 is 5.32 Å². The predicted molar refractivity (Wildman–Crippen MR) is 82.9 cm³/mol. The number of rotatable bonds is 7. The Balaban J connectivity index is 2.18. The third-order valence-electron chi connectivity index (χ3n) is 4.20. The summed E-state index contributed by atoms with van der Waals surface area (Å²) in [6, 6.07) is 7.39. The fraction of sp³-hybridized carbons (Fsp3) is 0.529. The Morgan fingerprint density at radius 3 is 2.38 bits per heavy atom. The number of amides is 3. The van der Waals surface area contributed by atoms with E-state index in [2.05, 4.69) is 17.6 Å². The first-order chi connectivity index (χ1) is 10.1. The molecular weight excluding hydrogens is 264 g/mol. The SMILES string of the molecule is CCCCCCCC1(c2ccccc2C)NC(=O)NC1=O. The monoisotopic (exact) mass is 288 g/mol. The first-order valence-electron chi connectivity index (χ1n) is 7.80. The molecule has 1 heterocycles. The first kappa shape index (κ1) is 15.5. The second kappa shape index (κ2) is 6.74. The fourth-order valence-electron chi connectivity index (χ4n) is 3.04. The summed E-state index contributed by atoms with van der Waals surface area (Å²) in [4.78, 5) is 24.0. The van der Waals surface area contributed by atoms with E-state index in [1.807, 2.05) is 31.2 Å². The van der Waals surface area contributed by atoms with Crippen molar-refractivity contribution in [3.63, 3.8) is 0 Å². The van der Waals surface area contributed by atoms with Gasteiger partial charge in [0.15, 0.2) is 0 Å². The Morgan fingerprint density at radius 1 is 1.05 bits per heavy atom. The molecule has 1 unspecified atom stereocenters. The lowest BCUT2D eigenvalue weighted by atomic mass is 9.82. The lowest BCUT2D eigenvalue weighted by Gasteiger charge is -2.28. The summed E-state index contributed by atoms with van der Waals surface area (Å²) in [7, 11) is 0. The molecular formula is C17H24N2O2. The maximum absolute atomic E-state index is 12.4. The predicted octanol–water partition coefficient (Wildman–Crippen LogP) is 3.39. The van der Waals surface area contributed by atoms with Crippen LogP contribution in [-0.4, -0.2) is 11.9 Å². The van der Waals surface area contributed by atoms with Crippen LogP contribution in [-0.2, 0) is 10.3 Å². The van der Waals surface area contributed by atoms with E-state index in [1.165, 1.54) is 19.3 Å². The number of carbonyl (C=O) groups excluding carboxylic acids is 2. The fourth-order valence-corrected chi connectivity index (χ4v) is 3.04. The molecule has 4 heteroatoms. The number of hydrogen-bond donors (Lipinski definition) is 2. The average Bonchev–Trinajstić information content (AvgIpc) is 2.74. The van der Waals surface area contributed by atoms with Gasteiger partial charge in [0.25, 0.3) is 5.91 Å². The number of imide groups is 1. The van der Waals surface area contributed by atoms with Crippen molar-refractivity contribution in [3.05, 3.63) is 35.4 Å². The summed E-state index contributed by atoms with van der Waals surface area (Å²) >= 11 is 0. The van der Waals surface area contributed by atoms with Crippen molar-refractivity contribution >= 4 is 11.9 Å². The molecule has 0 spiro atoms. The van der Waals surface area contributed by atoms with Gasteiger partial charge in [-0.25, -0.2) is 4.79 Å². The number of unbranched alkanes of at least 4 members (excludes halogenated alkanes) is 4. The van der Waals surface area contributed by atoms with E-state index in [-0.39, 0.29) is 5.91 Å². The van der Waals surface area contributed by atoms with Crippen molar-refractivity contribution in [2.45, 2.75) is 57.9 Å². The second-order valence-corrected chi connectivity index (χ2v) is 5.79. The highest BCUT2D eigenvalue weighted by atomic mass is 16.2. The Hall–Kier alpha value is -1.84. The van der Waals surface area contributed by atoms with E-state index in [9.17, 15) is 9.59 Å². The minimum absolute atomic E-state index is 0.225. The number of urea groups is 1. The number of carbonyl (C=O) groups is 2. The first-order valence-corrected chi connectivity index (χ1v) is 7.80. The van der Waals surface area contributed by atoms with E-state index >= 15 is 0 Å². The molecule has 1 atom stereocenters. The van der Waals surface area contributed by atoms with Crippen LogP contribution in [0.1, 0.15) is 56.6 Å². The smallest absolute Gasteiger partial charge is 0.319 e. The van der Waals surface area contributed by atoms with Crippen molar-refractivity contribution in [2.24, 2.45) is 0 Å². The largest absolute Gasteiger partial charge is 0.322 e. The van der Waals surface area contributed by atoms with E-state index in [4.69, 9.17) is 0 Å². The molecule has 2 rings (SSSR count). The molecule has 4 nitrogen and oxygen atoms in total. The molecule has 0 bridgehead atoms. The van der Waals surface area contributed by atoms with E-state index in [0.717, 1.165) is 24.0 Å². The third kappa shape index (κ3) is 3.26. The number of nitrogens with one attached hydrogen (secondary N) is 2. The summed E-state index contributed by atoms with van der Waals surface area (Å²) in [6.07, 6.45) is 6.26. The maximum Gasteiger partial charge on any atom is 0.322 e. The van der Waals surface area contributed by atoms with Gasteiger partial charge in [0, 0.05) is 0 Å². The molecule has 21 heavy (non-hydrogen) atoms. The van der Waals surface area contributed by atoms with Gasteiger partial charge in [0.1, 0.15) is 5.54 Å². The van der Waals surface area contributed by atoms with Gasteiger partial charge >= 0.3 is 6.03 Å². The van der Waals surface area contributed by atoms with Gasteiger partial charge in [-0.2, -0.15) is 0 Å². The Bertz CT molecular complexity index is 527. The molecule has 1 aromatic rings. The normalized spacial score (nSPS) is 21.2. The second-order valence-electron chi connectivity index (χ2n) is 5.79. The van der Waals surface area contributed by atoms with Crippen LogP contribution < -0.4 is 10.6 Å². The van der Waals surface area contributed by atoms with Crippen LogP contribution in [0.25, 0.3) is 0 Å². The zero-order valence-corrected chi connectivity index (χ0v) is 12.9. The Labute approximate surface area is 126 Å². The summed E-state index contributed by atoms with van der Waals surface area (Å²) in [5, 5.41) is 5.26. The molecule has 1 aliphatic rings. The van der Waals surface area contributed by atoms with Gasteiger partial charge in [-0.15, -0.1) is 0 Å². The molecule has 114 valence electrons. The molecule has 0 saturated carbocycles. The molecule has 1 aromatic carbocycles. The minimum Gasteiger partial charge on any atom is -0.319 e. The van der Waals surface area contributed by atoms with Gasteiger partial charge in [0.05, 0.1) is 0 Å². The molecule has 3 amide bonds. The van der Waals surface area contributed by atoms with Crippen molar-refractivity contribution < 1.29 is 9.59 Å². The summed E-state index contributed by atoms with van der Waals surface area (Å²) in [5.41, 5.74) is 1.04. The highest BCUT2D eigenvalue weighted by Gasteiger charge is 2.47. The Morgan fingerprint density at radius 2 is 1.76 bits per heavy atom. The zero-order chi connectivity index (χ0) is 15.3. The van der Waals surface area contributed by atoms with Crippen LogP contribution in [0.5, 0.6) is 0 Å². The summed E-state index contributed by atoms with van der Waals surface area (Å²) in [5.74, 6) is -0.225. The minimum atomic E-state index is -0.894. The third-order valence-corrected chi connectivity index (χ3v) is 4.20. The van der Waals surface area contributed by atoms with Gasteiger partial charge in [-0.05, 0) is 24.5 Å². The Kier molecular flexibility index (Phi) is 4.99. The van der Waals surface area contributed by atoms with Crippen LogP contribution >= 0.6 is 0 Å². The number of hydrogen-bond acceptors (Lipinski definition) is 2. The van der Waals surface area contributed by atoms with Crippen molar-refractivity contribution in [1.82, 2.24) is 10.6 Å². The van der Waals surface area contributed by atoms with Crippen molar-refractivity contribution in [2.75, 3.05) is 0 Å². The number of benzene rings is 1. The lowest BCUT2D eigenvalue weighted by molar-refractivity contribution is -0.124. The van der Waals surface area contributed by atoms with E-state index in [1.54, 1.807) is 0 Å². The van der Waals surface area contributed by atoms with Crippen molar-refractivity contribution in [1.29, 1.82) is 0 Å². The molecule has 1 saturated heterocycles. The molecule has 0 radical (unpaired) electrons. The van der Waals surface area contributed by atoms with Crippen LogP contribution in [0.3, 0.4) is 0 Å². The highest BCUT2D eigenvalue weighted by Crippen LogP contribution is 2.33. The summed E-state index contributed by atoms with van der Waals surface area (Å²) in [6.45, 7) is 4.16. The maximum atomic E-state index is 12.4. The van der Waals surface area contributed by atoms with Crippen LogP contribution in [0, 0.1) is 6.92 Å². The van der Waals surface area contributed by atoms with Crippen LogP contribution in [0.4, 0.5) is 4.79 Å². The topological polar surface area (TPSA) is 58.2 Å². The molecule has 2 N–H and O–H groups in total. The average molecular weight is 288 g/mol. The number of aryl methyl sites for hydroxylation is 1. The summed E-state index contributed by atoms with van der Waals surface area (Å²) < 4.78 is 0. The molecule has 1 fully saturated rings.